The van der Waals surface area contributed by atoms with E-state index in [-0.39, 0.29) is 18.8 Å². The van der Waals surface area contributed by atoms with Crippen molar-refractivity contribution in [1.82, 2.24) is 10.4 Å². The normalized spacial score (nSPS) is 10.9. The average molecular weight is 613 g/mol. The summed E-state index contributed by atoms with van der Waals surface area (Å²) in [6.07, 6.45) is 3.14. The van der Waals surface area contributed by atoms with E-state index in [0.717, 1.165) is 15.4 Å². The van der Waals surface area contributed by atoms with E-state index < -0.39 is 11.9 Å². The molecule has 10 heteroatoms. The number of carboxylic acid groups (broad SMARTS) is 1. The number of carboxylic acids is 1. The molecule has 1 heterocycles. The third-order valence-corrected chi connectivity index (χ3v) is 6.25. The SMILES string of the molecule is O=C(COc1c(Br)cc(Br)c2cccnc12)N/N=C/c1ccccc1OCc1ccc(C(=O)O)cc1. The lowest BCUT2D eigenvalue weighted by Crippen LogP contribution is -2.24. The Hall–Kier alpha value is -3.76. The van der Waals surface area contributed by atoms with Crippen LogP contribution >= 0.6 is 31.9 Å². The number of para-hydroxylation sites is 1. The molecule has 4 aromatic rings. The number of aromatic nitrogens is 1. The van der Waals surface area contributed by atoms with Crippen LogP contribution in [0.5, 0.6) is 11.5 Å². The zero-order valence-corrected chi connectivity index (χ0v) is 21.8. The second kappa shape index (κ2) is 11.8. The predicted octanol–water partition coefficient (Wildman–Crippen LogP) is 5.57. The van der Waals surface area contributed by atoms with Crippen molar-refractivity contribution < 1.29 is 24.2 Å². The summed E-state index contributed by atoms with van der Waals surface area (Å²) < 4.78 is 13.1. The van der Waals surface area contributed by atoms with Crippen molar-refractivity contribution in [3.05, 3.63) is 98.6 Å². The molecule has 0 bridgehead atoms. The van der Waals surface area contributed by atoms with Crippen LogP contribution in [0.4, 0.5) is 0 Å². The van der Waals surface area contributed by atoms with E-state index in [0.29, 0.717) is 27.1 Å². The minimum absolute atomic E-state index is 0.211. The highest BCUT2D eigenvalue weighted by Gasteiger charge is 2.13. The second-order valence-electron chi connectivity index (χ2n) is 7.48. The monoisotopic (exact) mass is 611 g/mol. The molecule has 0 spiro atoms. The van der Waals surface area contributed by atoms with Gasteiger partial charge in [-0.15, -0.1) is 0 Å². The summed E-state index contributed by atoms with van der Waals surface area (Å²) in [5.74, 6) is -0.401. The van der Waals surface area contributed by atoms with E-state index in [9.17, 15) is 9.59 Å². The molecule has 0 saturated carbocycles. The van der Waals surface area contributed by atoms with E-state index in [1.807, 2.05) is 30.3 Å². The van der Waals surface area contributed by atoms with Crippen LogP contribution in [0.25, 0.3) is 10.9 Å². The molecule has 0 aliphatic rings. The van der Waals surface area contributed by atoms with Crippen LogP contribution < -0.4 is 14.9 Å². The third kappa shape index (κ3) is 6.27. The number of hydrogen-bond donors (Lipinski definition) is 2. The van der Waals surface area contributed by atoms with Crippen molar-refractivity contribution >= 4 is 60.9 Å². The van der Waals surface area contributed by atoms with Gasteiger partial charge in [-0.25, -0.2) is 10.2 Å². The summed E-state index contributed by atoms with van der Waals surface area (Å²) >= 11 is 6.96. The number of carbonyl (C=O) groups excluding carboxylic acids is 1. The molecular weight excluding hydrogens is 594 g/mol. The highest BCUT2D eigenvalue weighted by molar-refractivity contribution is 9.11. The van der Waals surface area contributed by atoms with Crippen LogP contribution in [0.15, 0.2) is 87.0 Å². The predicted molar refractivity (Wildman–Crippen MR) is 143 cm³/mol. The molecule has 0 atom stereocenters. The second-order valence-corrected chi connectivity index (χ2v) is 9.19. The molecule has 8 nitrogen and oxygen atoms in total. The summed E-state index contributed by atoms with van der Waals surface area (Å²) in [6.45, 7) is -0.0112. The van der Waals surface area contributed by atoms with Crippen LogP contribution in [0, 0.1) is 0 Å². The minimum Gasteiger partial charge on any atom is -0.488 e. The first kappa shape index (κ1) is 25.3. The molecule has 36 heavy (non-hydrogen) atoms. The smallest absolute Gasteiger partial charge is 0.335 e. The fourth-order valence-electron chi connectivity index (χ4n) is 3.25. The maximum Gasteiger partial charge on any atom is 0.335 e. The number of fused-ring (bicyclic) bond motifs is 1. The van der Waals surface area contributed by atoms with Gasteiger partial charge in [-0.1, -0.05) is 46.3 Å². The molecule has 0 aliphatic carbocycles. The van der Waals surface area contributed by atoms with E-state index >= 15 is 0 Å². The van der Waals surface area contributed by atoms with Crippen molar-refractivity contribution in [2.45, 2.75) is 6.61 Å². The summed E-state index contributed by atoms with van der Waals surface area (Å²) in [6, 6.07) is 19.2. The van der Waals surface area contributed by atoms with Gasteiger partial charge in [0.05, 0.1) is 16.3 Å². The van der Waals surface area contributed by atoms with Gasteiger partial charge < -0.3 is 14.6 Å². The molecule has 4 rings (SSSR count). The zero-order valence-electron chi connectivity index (χ0n) is 18.7. The molecule has 0 unspecified atom stereocenters. The molecule has 3 aromatic carbocycles. The van der Waals surface area contributed by atoms with Gasteiger partial charge in [0.15, 0.2) is 12.4 Å². The number of aromatic carboxylic acids is 1. The van der Waals surface area contributed by atoms with Crippen molar-refractivity contribution in [2.75, 3.05) is 6.61 Å². The number of hydrogen-bond acceptors (Lipinski definition) is 6. The van der Waals surface area contributed by atoms with Crippen LogP contribution in [0.3, 0.4) is 0 Å². The van der Waals surface area contributed by atoms with Crippen molar-refractivity contribution in [3.8, 4) is 11.5 Å². The first-order valence-electron chi connectivity index (χ1n) is 10.6. The average Bonchev–Trinajstić information content (AvgIpc) is 2.88. The topological polar surface area (TPSA) is 110 Å². The maximum absolute atomic E-state index is 12.3. The van der Waals surface area contributed by atoms with E-state index in [1.54, 1.807) is 30.5 Å². The fraction of sp³-hybridized carbons (Fsp3) is 0.0769. The van der Waals surface area contributed by atoms with E-state index in [1.165, 1.54) is 18.3 Å². The van der Waals surface area contributed by atoms with Crippen LogP contribution in [-0.4, -0.2) is 34.8 Å². The van der Waals surface area contributed by atoms with Crippen molar-refractivity contribution in [1.29, 1.82) is 0 Å². The fourth-order valence-corrected chi connectivity index (χ4v) is 4.64. The summed E-state index contributed by atoms with van der Waals surface area (Å²) in [5, 5.41) is 13.9. The number of nitrogens with zero attached hydrogens (tertiary/aromatic N) is 2. The Kier molecular flexibility index (Phi) is 8.29. The lowest BCUT2D eigenvalue weighted by molar-refractivity contribution is -0.123. The largest absolute Gasteiger partial charge is 0.488 e. The molecule has 2 N–H and O–H groups in total. The van der Waals surface area contributed by atoms with Gasteiger partial charge in [0.1, 0.15) is 17.9 Å². The zero-order chi connectivity index (χ0) is 25.5. The Balaban J connectivity index is 1.35. The number of carbonyl (C=O) groups is 2. The Morgan fingerprint density at radius 3 is 2.56 bits per heavy atom. The molecular formula is C26H19Br2N3O5. The number of halogens is 2. The maximum atomic E-state index is 12.3. The summed E-state index contributed by atoms with van der Waals surface area (Å²) in [5.41, 5.74) is 4.76. The molecule has 1 amide bonds. The van der Waals surface area contributed by atoms with Crippen LogP contribution in [-0.2, 0) is 11.4 Å². The number of benzene rings is 3. The Morgan fingerprint density at radius 2 is 1.78 bits per heavy atom. The Morgan fingerprint density at radius 1 is 1.00 bits per heavy atom. The minimum atomic E-state index is -0.981. The Bertz CT molecular complexity index is 1440. The number of hydrazone groups is 1. The number of rotatable bonds is 9. The van der Waals surface area contributed by atoms with E-state index in [2.05, 4.69) is 47.4 Å². The van der Waals surface area contributed by atoms with E-state index in [4.69, 9.17) is 14.6 Å². The van der Waals surface area contributed by atoms with Gasteiger partial charge in [0.25, 0.3) is 5.91 Å². The first-order chi connectivity index (χ1) is 17.4. The van der Waals surface area contributed by atoms with Gasteiger partial charge >= 0.3 is 5.97 Å². The van der Waals surface area contributed by atoms with Gasteiger partial charge in [-0.05, 0) is 57.9 Å². The molecule has 182 valence electrons. The van der Waals surface area contributed by atoms with Crippen LogP contribution in [0.1, 0.15) is 21.5 Å². The number of pyridine rings is 1. The lowest BCUT2D eigenvalue weighted by atomic mass is 10.1. The number of amides is 1. The highest BCUT2D eigenvalue weighted by atomic mass is 79.9. The van der Waals surface area contributed by atoms with Crippen LogP contribution in [0.2, 0.25) is 0 Å². The molecule has 0 fully saturated rings. The van der Waals surface area contributed by atoms with Gasteiger partial charge in [0, 0.05) is 21.6 Å². The standard InChI is InChI=1S/C26H19Br2N3O5/c27-20-12-21(28)25(24-19(20)5-3-11-29-24)36-15-23(32)31-30-13-18-4-1-2-6-22(18)35-14-16-7-9-17(10-8-16)26(33)34/h1-13H,14-15H2,(H,31,32)(H,33,34)/b30-13+. The molecule has 0 aliphatic heterocycles. The van der Waals surface area contributed by atoms with Crippen molar-refractivity contribution in [2.24, 2.45) is 5.10 Å². The third-order valence-electron chi connectivity index (χ3n) is 5.01. The number of ether oxygens (including phenoxy) is 2. The quantitative estimate of drug-likeness (QED) is 0.189. The summed E-state index contributed by atoms with van der Waals surface area (Å²) in [7, 11) is 0. The lowest BCUT2D eigenvalue weighted by Gasteiger charge is -2.11. The van der Waals surface area contributed by atoms with Crippen molar-refractivity contribution in [3.63, 3.8) is 0 Å². The Labute approximate surface area is 223 Å². The molecule has 0 radical (unpaired) electrons. The van der Waals surface area contributed by atoms with Gasteiger partial charge in [0.2, 0.25) is 0 Å². The van der Waals surface area contributed by atoms with Gasteiger partial charge in [-0.2, -0.15) is 5.10 Å². The summed E-state index contributed by atoms with van der Waals surface area (Å²) in [4.78, 5) is 27.7. The highest BCUT2D eigenvalue weighted by Crippen LogP contribution is 2.37. The molecule has 1 aromatic heterocycles. The first-order valence-corrected chi connectivity index (χ1v) is 12.2. The van der Waals surface area contributed by atoms with Gasteiger partial charge in [-0.3, -0.25) is 9.78 Å². The number of nitrogens with one attached hydrogen (secondary N) is 1. The molecule has 0 saturated heterocycles.